The van der Waals surface area contributed by atoms with Crippen LogP contribution in [0.25, 0.3) is 11.3 Å². The summed E-state index contributed by atoms with van der Waals surface area (Å²) in [6.07, 6.45) is 4.01. The predicted octanol–water partition coefficient (Wildman–Crippen LogP) is 8.49. The van der Waals surface area contributed by atoms with E-state index in [-0.39, 0.29) is 17.5 Å². The fraction of sp³-hybridized carbons (Fsp3) is 0.343. The Hall–Kier alpha value is -4.21. The molecule has 1 amide bonds. The van der Waals surface area contributed by atoms with E-state index < -0.39 is 11.9 Å². The van der Waals surface area contributed by atoms with Gasteiger partial charge in [0.15, 0.2) is 0 Å². The van der Waals surface area contributed by atoms with Crippen molar-refractivity contribution in [1.82, 2.24) is 14.9 Å². The maximum absolute atomic E-state index is 14.5. The van der Waals surface area contributed by atoms with E-state index in [2.05, 4.69) is 29.0 Å². The minimum Gasteiger partial charge on any atom is -0.493 e. The smallest absolute Gasteiger partial charge is 0.420 e. The standard InChI is InChI=1S/C35H39ClFN5O3/c1-23-12-14-29(25(3)24(23)2)31-22-33(45-35(43)41(4)32-20-26(36)13-15-30(32)37)40-34(39-31)38-27-10-8-11-28(21-27)44-19-9-18-42-16-6-5-7-17-42/h8,10-15,20-22H,5-7,9,16-19H2,1-4H3,(H,38,39,40). The summed E-state index contributed by atoms with van der Waals surface area (Å²) in [5.74, 6) is 0.358. The first-order valence-corrected chi connectivity index (χ1v) is 15.6. The summed E-state index contributed by atoms with van der Waals surface area (Å²) in [7, 11) is 1.41. The van der Waals surface area contributed by atoms with Crippen LogP contribution in [0, 0.1) is 26.6 Å². The molecular formula is C35H39ClFN5O3. The molecule has 0 unspecified atom stereocenters. The van der Waals surface area contributed by atoms with Gasteiger partial charge in [0.25, 0.3) is 0 Å². The van der Waals surface area contributed by atoms with Gasteiger partial charge < -0.3 is 19.7 Å². The fourth-order valence-electron chi connectivity index (χ4n) is 5.36. The van der Waals surface area contributed by atoms with Gasteiger partial charge in [-0.25, -0.2) is 14.2 Å². The van der Waals surface area contributed by atoms with Crippen molar-refractivity contribution in [1.29, 1.82) is 0 Å². The van der Waals surface area contributed by atoms with Crippen molar-refractivity contribution < 1.29 is 18.7 Å². The Kier molecular flexibility index (Phi) is 10.5. The summed E-state index contributed by atoms with van der Waals surface area (Å²) in [5, 5.41) is 3.53. The molecule has 0 radical (unpaired) electrons. The van der Waals surface area contributed by atoms with E-state index in [0.717, 1.165) is 45.9 Å². The molecule has 45 heavy (non-hydrogen) atoms. The summed E-state index contributed by atoms with van der Waals surface area (Å²) in [5.41, 5.74) is 5.49. The van der Waals surface area contributed by atoms with Crippen molar-refractivity contribution in [2.75, 3.05) is 43.5 Å². The van der Waals surface area contributed by atoms with Gasteiger partial charge >= 0.3 is 6.09 Å². The van der Waals surface area contributed by atoms with E-state index in [1.807, 2.05) is 43.3 Å². The van der Waals surface area contributed by atoms with Gasteiger partial charge in [-0.05, 0) is 100 Å². The predicted molar refractivity (Wildman–Crippen MR) is 178 cm³/mol. The molecule has 1 saturated heterocycles. The van der Waals surface area contributed by atoms with E-state index in [1.165, 1.54) is 57.6 Å². The lowest BCUT2D eigenvalue weighted by molar-refractivity contribution is 0.205. The normalized spacial score (nSPS) is 13.4. The summed E-state index contributed by atoms with van der Waals surface area (Å²) in [6, 6.07) is 17.2. The highest BCUT2D eigenvalue weighted by molar-refractivity contribution is 6.30. The molecule has 4 aromatic rings. The van der Waals surface area contributed by atoms with Crippen molar-refractivity contribution in [2.45, 2.75) is 46.5 Å². The van der Waals surface area contributed by atoms with Crippen LogP contribution in [0.2, 0.25) is 5.02 Å². The second-order valence-electron chi connectivity index (χ2n) is 11.4. The topological polar surface area (TPSA) is 79.8 Å². The Bertz CT molecular complexity index is 1660. The third kappa shape index (κ3) is 8.29. The zero-order valence-electron chi connectivity index (χ0n) is 26.2. The van der Waals surface area contributed by atoms with Crippen LogP contribution >= 0.6 is 11.6 Å². The van der Waals surface area contributed by atoms with Crippen molar-refractivity contribution in [3.63, 3.8) is 0 Å². The van der Waals surface area contributed by atoms with Gasteiger partial charge in [-0.2, -0.15) is 4.98 Å². The molecule has 0 aliphatic carbocycles. The number of hydrogen-bond donors (Lipinski definition) is 1. The fourth-order valence-corrected chi connectivity index (χ4v) is 5.52. The number of carbonyl (C=O) groups excluding carboxylic acids is 1. The number of nitrogens with one attached hydrogen (secondary N) is 1. The Morgan fingerprint density at radius 1 is 1.00 bits per heavy atom. The van der Waals surface area contributed by atoms with Crippen LogP contribution in [0.3, 0.4) is 0 Å². The molecule has 1 N–H and O–H groups in total. The molecule has 1 aliphatic heterocycles. The number of aromatic nitrogens is 2. The summed E-state index contributed by atoms with van der Waals surface area (Å²) in [6.45, 7) is 10.1. The number of anilines is 3. The monoisotopic (exact) mass is 631 g/mol. The van der Waals surface area contributed by atoms with Gasteiger partial charge in [-0.15, -0.1) is 0 Å². The molecule has 1 aromatic heterocycles. The third-order valence-electron chi connectivity index (χ3n) is 8.20. The van der Waals surface area contributed by atoms with Gasteiger partial charge in [0.2, 0.25) is 11.8 Å². The van der Waals surface area contributed by atoms with Crippen molar-refractivity contribution >= 4 is 35.0 Å². The number of carbonyl (C=O) groups is 1. The first kappa shape index (κ1) is 32.2. The molecule has 0 spiro atoms. The second-order valence-corrected chi connectivity index (χ2v) is 11.8. The maximum Gasteiger partial charge on any atom is 0.420 e. The number of halogens is 2. The average Bonchev–Trinajstić information content (AvgIpc) is 3.03. The van der Waals surface area contributed by atoms with Gasteiger partial charge in [-0.1, -0.05) is 36.2 Å². The highest BCUT2D eigenvalue weighted by Crippen LogP contribution is 2.31. The number of ether oxygens (including phenoxy) is 2. The SMILES string of the molecule is Cc1ccc(-c2cc(OC(=O)N(C)c3cc(Cl)ccc3F)nc(Nc3cccc(OCCCN4CCCCC4)c3)n2)c(C)c1C. The molecule has 236 valence electrons. The summed E-state index contributed by atoms with van der Waals surface area (Å²) < 4.78 is 26.2. The minimum atomic E-state index is -0.830. The Morgan fingerprint density at radius 3 is 2.60 bits per heavy atom. The molecule has 1 fully saturated rings. The number of hydrogen-bond acceptors (Lipinski definition) is 7. The first-order valence-electron chi connectivity index (χ1n) is 15.3. The number of aryl methyl sites for hydroxylation is 1. The lowest BCUT2D eigenvalue weighted by Gasteiger charge is -2.26. The van der Waals surface area contributed by atoms with Crippen molar-refractivity contribution in [3.8, 4) is 22.9 Å². The molecule has 5 rings (SSSR count). The third-order valence-corrected chi connectivity index (χ3v) is 8.43. The number of likely N-dealkylation sites (tertiary alicyclic amines) is 1. The molecule has 0 saturated carbocycles. The zero-order chi connectivity index (χ0) is 31.9. The second kappa shape index (κ2) is 14.7. The van der Waals surface area contributed by atoms with E-state index >= 15 is 0 Å². The lowest BCUT2D eigenvalue weighted by atomic mass is 9.97. The summed E-state index contributed by atoms with van der Waals surface area (Å²) in [4.78, 5) is 25.9. The Morgan fingerprint density at radius 2 is 1.80 bits per heavy atom. The highest BCUT2D eigenvalue weighted by Gasteiger charge is 2.20. The van der Waals surface area contributed by atoms with Crippen LogP contribution in [-0.4, -0.2) is 54.2 Å². The van der Waals surface area contributed by atoms with Gasteiger partial charge in [0, 0.05) is 42.0 Å². The molecule has 3 aromatic carbocycles. The molecule has 1 aliphatic rings. The number of nitrogens with zero attached hydrogens (tertiary/aromatic N) is 4. The van der Waals surface area contributed by atoms with Crippen molar-refractivity contribution in [2.24, 2.45) is 0 Å². The Balaban J connectivity index is 1.36. The number of rotatable bonds is 10. The van der Waals surface area contributed by atoms with Gasteiger partial charge in [0.1, 0.15) is 11.6 Å². The first-order chi connectivity index (χ1) is 21.7. The van der Waals surface area contributed by atoms with E-state index in [0.29, 0.717) is 23.0 Å². The average molecular weight is 632 g/mol. The largest absolute Gasteiger partial charge is 0.493 e. The van der Waals surface area contributed by atoms with Crippen molar-refractivity contribution in [3.05, 3.63) is 88.2 Å². The molecule has 0 atom stereocenters. The van der Waals surface area contributed by atoms with E-state index in [1.54, 1.807) is 6.07 Å². The minimum absolute atomic E-state index is 0.00420. The Labute approximate surface area is 269 Å². The van der Waals surface area contributed by atoms with Crippen LogP contribution in [0.4, 0.5) is 26.5 Å². The van der Waals surface area contributed by atoms with E-state index in [9.17, 15) is 9.18 Å². The van der Waals surface area contributed by atoms with Crippen LogP contribution in [0.15, 0.2) is 60.7 Å². The number of piperidine rings is 1. The number of amides is 1. The van der Waals surface area contributed by atoms with E-state index in [4.69, 9.17) is 26.1 Å². The van der Waals surface area contributed by atoms with Crippen LogP contribution < -0.4 is 19.7 Å². The zero-order valence-corrected chi connectivity index (χ0v) is 27.0. The van der Waals surface area contributed by atoms with Gasteiger partial charge in [-0.3, -0.25) is 4.90 Å². The molecular weight excluding hydrogens is 593 g/mol. The highest BCUT2D eigenvalue weighted by atomic mass is 35.5. The van der Waals surface area contributed by atoms with Gasteiger partial charge in [0.05, 0.1) is 18.0 Å². The molecule has 10 heteroatoms. The quantitative estimate of drug-likeness (QED) is 0.176. The van der Waals surface area contributed by atoms with Crippen LogP contribution in [-0.2, 0) is 0 Å². The molecule has 8 nitrogen and oxygen atoms in total. The maximum atomic E-state index is 14.5. The summed E-state index contributed by atoms with van der Waals surface area (Å²) >= 11 is 6.04. The number of benzene rings is 3. The van der Waals surface area contributed by atoms with Crippen LogP contribution in [0.5, 0.6) is 11.6 Å². The molecule has 0 bridgehead atoms. The molecule has 2 heterocycles. The lowest BCUT2D eigenvalue weighted by Crippen LogP contribution is -2.31. The van der Waals surface area contributed by atoms with Crippen LogP contribution in [0.1, 0.15) is 42.4 Å².